The minimum absolute atomic E-state index is 0.00875. The van der Waals surface area contributed by atoms with Gasteiger partial charge in [0.2, 0.25) is 0 Å². The molecule has 5 nitrogen and oxygen atoms in total. The van der Waals surface area contributed by atoms with Crippen molar-refractivity contribution in [1.29, 1.82) is 0 Å². The lowest BCUT2D eigenvalue weighted by atomic mass is 10.1. The zero-order valence-electron chi connectivity index (χ0n) is 16.6. The molecule has 0 spiro atoms. The van der Waals surface area contributed by atoms with Crippen LogP contribution in [-0.2, 0) is 0 Å². The molecule has 3 aromatic rings. The van der Waals surface area contributed by atoms with E-state index in [2.05, 4.69) is 26.2 Å². The number of rotatable bonds is 5. The van der Waals surface area contributed by atoms with E-state index in [9.17, 15) is 4.79 Å². The Labute approximate surface area is 176 Å². The number of carbonyl (C=O) groups is 1. The molecule has 0 unspecified atom stereocenters. The lowest BCUT2D eigenvalue weighted by Gasteiger charge is -2.36. The number of halogens is 1. The molecule has 1 aliphatic rings. The summed E-state index contributed by atoms with van der Waals surface area (Å²) < 4.78 is 0. The van der Waals surface area contributed by atoms with Crippen molar-refractivity contribution in [2.24, 2.45) is 0 Å². The fourth-order valence-corrected chi connectivity index (χ4v) is 3.90. The number of aryl methyl sites for hydroxylation is 1. The summed E-state index contributed by atoms with van der Waals surface area (Å²) >= 11 is 6.10. The van der Waals surface area contributed by atoms with Crippen LogP contribution in [0.1, 0.15) is 15.9 Å². The van der Waals surface area contributed by atoms with Gasteiger partial charge in [-0.25, -0.2) is 0 Å². The Morgan fingerprint density at radius 2 is 1.83 bits per heavy atom. The van der Waals surface area contributed by atoms with Gasteiger partial charge in [0.05, 0.1) is 5.52 Å². The van der Waals surface area contributed by atoms with Crippen LogP contribution in [0.3, 0.4) is 0 Å². The second-order valence-corrected chi connectivity index (χ2v) is 7.88. The number of carbonyl (C=O) groups excluding carboxylic acids is 1. The Kier molecular flexibility index (Phi) is 5.97. The highest BCUT2D eigenvalue weighted by Gasteiger charge is 2.19. The smallest absolute Gasteiger partial charge is 0.251 e. The van der Waals surface area contributed by atoms with Gasteiger partial charge in [-0.3, -0.25) is 14.7 Å². The van der Waals surface area contributed by atoms with Gasteiger partial charge in [-0.05, 0) is 43.3 Å². The number of aromatic nitrogens is 1. The second kappa shape index (κ2) is 8.80. The standard InChI is InChI=1S/C23H25ClN4O/c1-17-2-4-18(5-3-17)23(29)26-10-11-27-12-14-28(15-13-27)22-8-9-25-21-16-19(24)6-7-20(21)22/h2-9,16H,10-15H2,1H3,(H,26,29). The van der Waals surface area contributed by atoms with Gasteiger partial charge in [0.25, 0.3) is 5.91 Å². The summed E-state index contributed by atoms with van der Waals surface area (Å²) in [5.74, 6) is -0.00875. The molecule has 150 valence electrons. The molecule has 0 bridgehead atoms. The first kappa shape index (κ1) is 19.7. The molecule has 2 heterocycles. The molecule has 1 aliphatic heterocycles. The Bertz CT molecular complexity index is 997. The SMILES string of the molecule is Cc1ccc(C(=O)NCCN2CCN(c3ccnc4cc(Cl)ccc34)CC2)cc1. The van der Waals surface area contributed by atoms with Crippen molar-refractivity contribution in [2.75, 3.05) is 44.2 Å². The Morgan fingerprint density at radius 3 is 2.59 bits per heavy atom. The second-order valence-electron chi connectivity index (χ2n) is 7.44. The van der Waals surface area contributed by atoms with Gasteiger partial charge >= 0.3 is 0 Å². The number of nitrogens with zero attached hydrogens (tertiary/aromatic N) is 3. The Balaban J connectivity index is 1.29. The highest BCUT2D eigenvalue weighted by Crippen LogP contribution is 2.28. The summed E-state index contributed by atoms with van der Waals surface area (Å²) in [4.78, 5) is 21.5. The number of anilines is 1. The molecule has 1 aromatic heterocycles. The predicted octanol–water partition coefficient (Wildman–Crippen LogP) is 3.75. The Morgan fingerprint density at radius 1 is 1.07 bits per heavy atom. The molecule has 6 heteroatoms. The van der Waals surface area contributed by atoms with E-state index in [0.29, 0.717) is 17.1 Å². The monoisotopic (exact) mass is 408 g/mol. The van der Waals surface area contributed by atoms with Crippen molar-refractivity contribution in [1.82, 2.24) is 15.2 Å². The highest BCUT2D eigenvalue weighted by molar-refractivity contribution is 6.31. The van der Waals surface area contributed by atoms with Crippen molar-refractivity contribution >= 4 is 34.1 Å². The first-order valence-corrected chi connectivity index (χ1v) is 10.3. The molecular weight excluding hydrogens is 384 g/mol. The van der Waals surface area contributed by atoms with Gasteiger partial charge in [-0.2, -0.15) is 0 Å². The maximum Gasteiger partial charge on any atom is 0.251 e. The quantitative estimate of drug-likeness (QED) is 0.698. The van der Waals surface area contributed by atoms with Gasteiger partial charge in [0, 0.05) is 67.1 Å². The number of amides is 1. The van der Waals surface area contributed by atoms with Gasteiger partial charge in [-0.1, -0.05) is 29.3 Å². The topological polar surface area (TPSA) is 48.5 Å². The molecule has 1 fully saturated rings. The molecule has 4 rings (SSSR count). The van der Waals surface area contributed by atoms with E-state index in [1.54, 1.807) is 0 Å². The molecule has 0 radical (unpaired) electrons. The van der Waals surface area contributed by atoms with Crippen molar-refractivity contribution < 1.29 is 4.79 Å². The van der Waals surface area contributed by atoms with Crippen LogP contribution in [0.4, 0.5) is 5.69 Å². The molecule has 2 aromatic carbocycles. The Hall–Kier alpha value is -2.63. The van der Waals surface area contributed by atoms with E-state index in [1.807, 2.05) is 55.6 Å². The normalized spacial score (nSPS) is 14.9. The molecular formula is C23H25ClN4O. The lowest BCUT2D eigenvalue weighted by molar-refractivity contribution is 0.0948. The molecule has 0 saturated carbocycles. The fraction of sp³-hybridized carbons (Fsp3) is 0.304. The summed E-state index contributed by atoms with van der Waals surface area (Å²) in [6.07, 6.45) is 1.85. The molecule has 1 amide bonds. The van der Waals surface area contributed by atoms with E-state index in [0.717, 1.165) is 49.2 Å². The number of fused-ring (bicyclic) bond motifs is 1. The summed E-state index contributed by atoms with van der Waals surface area (Å²) in [6, 6.07) is 15.6. The first-order valence-electron chi connectivity index (χ1n) is 9.96. The van der Waals surface area contributed by atoms with Crippen LogP contribution in [0.15, 0.2) is 54.7 Å². The van der Waals surface area contributed by atoms with Crippen molar-refractivity contribution in [3.8, 4) is 0 Å². The van der Waals surface area contributed by atoms with Gasteiger partial charge in [0.1, 0.15) is 0 Å². The molecule has 1 saturated heterocycles. The average Bonchev–Trinajstić information content (AvgIpc) is 2.74. The van der Waals surface area contributed by atoms with Crippen LogP contribution in [-0.4, -0.2) is 55.1 Å². The minimum Gasteiger partial charge on any atom is -0.368 e. The predicted molar refractivity (Wildman–Crippen MR) is 119 cm³/mol. The number of hydrogen-bond donors (Lipinski definition) is 1. The lowest BCUT2D eigenvalue weighted by Crippen LogP contribution is -2.48. The van der Waals surface area contributed by atoms with Crippen LogP contribution in [0.2, 0.25) is 5.02 Å². The highest BCUT2D eigenvalue weighted by atomic mass is 35.5. The van der Waals surface area contributed by atoms with E-state index < -0.39 is 0 Å². The summed E-state index contributed by atoms with van der Waals surface area (Å²) in [5, 5.41) is 4.87. The third-order valence-electron chi connectivity index (χ3n) is 5.42. The fourth-order valence-electron chi connectivity index (χ4n) is 3.73. The van der Waals surface area contributed by atoms with Crippen LogP contribution >= 0.6 is 11.6 Å². The van der Waals surface area contributed by atoms with E-state index in [-0.39, 0.29) is 5.91 Å². The maximum atomic E-state index is 12.2. The molecule has 0 aliphatic carbocycles. The maximum absolute atomic E-state index is 12.2. The van der Waals surface area contributed by atoms with Crippen molar-refractivity contribution in [3.63, 3.8) is 0 Å². The van der Waals surface area contributed by atoms with Gasteiger partial charge in [0.15, 0.2) is 0 Å². The number of hydrogen-bond acceptors (Lipinski definition) is 4. The van der Waals surface area contributed by atoms with Crippen LogP contribution < -0.4 is 10.2 Å². The zero-order valence-corrected chi connectivity index (χ0v) is 17.3. The third-order valence-corrected chi connectivity index (χ3v) is 5.66. The number of nitrogens with one attached hydrogen (secondary N) is 1. The summed E-state index contributed by atoms with van der Waals surface area (Å²) in [5.41, 5.74) is 4.00. The van der Waals surface area contributed by atoms with Crippen LogP contribution in [0.5, 0.6) is 0 Å². The van der Waals surface area contributed by atoms with Crippen molar-refractivity contribution in [3.05, 3.63) is 70.9 Å². The van der Waals surface area contributed by atoms with E-state index >= 15 is 0 Å². The van der Waals surface area contributed by atoms with E-state index in [1.165, 1.54) is 5.69 Å². The van der Waals surface area contributed by atoms with Crippen LogP contribution in [0, 0.1) is 6.92 Å². The third kappa shape index (κ3) is 4.69. The zero-order chi connectivity index (χ0) is 20.2. The van der Waals surface area contributed by atoms with Gasteiger partial charge < -0.3 is 10.2 Å². The van der Waals surface area contributed by atoms with Crippen LogP contribution in [0.25, 0.3) is 10.9 Å². The number of benzene rings is 2. The minimum atomic E-state index is -0.00875. The largest absolute Gasteiger partial charge is 0.368 e. The summed E-state index contributed by atoms with van der Waals surface area (Å²) in [6.45, 7) is 7.38. The average molecular weight is 409 g/mol. The number of piperazine rings is 1. The van der Waals surface area contributed by atoms with Gasteiger partial charge in [-0.15, -0.1) is 0 Å². The van der Waals surface area contributed by atoms with Crippen molar-refractivity contribution in [2.45, 2.75) is 6.92 Å². The number of pyridine rings is 1. The molecule has 29 heavy (non-hydrogen) atoms. The van der Waals surface area contributed by atoms with E-state index in [4.69, 9.17) is 11.6 Å². The molecule has 0 atom stereocenters. The first-order chi connectivity index (χ1) is 14.1. The summed E-state index contributed by atoms with van der Waals surface area (Å²) in [7, 11) is 0. The molecule has 1 N–H and O–H groups in total.